The zero-order valence-corrected chi connectivity index (χ0v) is 16.5. The Morgan fingerprint density at radius 1 is 1.18 bits per heavy atom. The molecule has 1 aromatic heterocycles. The first-order chi connectivity index (χ1) is 13.8. The zero-order chi connectivity index (χ0) is 19.3. The second kappa shape index (κ2) is 8.61. The maximum atomic E-state index is 11.8. The minimum Gasteiger partial charge on any atom is -0.496 e. The lowest BCUT2D eigenvalue weighted by molar-refractivity contribution is 0.401. The summed E-state index contributed by atoms with van der Waals surface area (Å²) in [5.74, 6) is 1.67. The third-order valence-electron chi connectivity index (χ3n) is 5.91. The van der Waals surface area contributed by atoms with Gasteiger partial charge in [-0.1, -0.05) is 24.3 Å². The average molecular weight is 376 g/mol. The summed E-state index contributed by atoms with van der Waals surface area (Å²) in [6.07, 6.45) is 7.48. The molecule has 4 nitrogen and oxygen atoms in total. The largest absolute Gasteiger partial charge is 0.496 e. The molecule has 0 amide bonds. The van der Waals surface area contributed by atoms with Crippen LogP contribution in [0.25, 0.3) is 10.8 Å². The van der Waals surface area contributed by atoms with Crippen molar-refractivity contribution in [2.24, 2.45) is 0 Å². The molecule has 0 radical (unpaired) electrons. The van der Waals surface area contributed by atoms with E-state index in [9.17, 15) is 4.79 Å². The SMILES string of the molecule is COc1cccc2c1CCCC2CCNCCc1ccc2c(=O)[nH]ccc2c1. The van der Waals surface area contributed by atoms with Crippen LogP contribution < -0.4 is 15.6 Å². The van der Waals surface area contributed by atoms with Crippen molar-refractivity contribution >= 4 is 10.8 Å². The third-order valence-corrected chi connectivity index (χ3v) is 5.91. The highest BCUT2D eigenvalue weighted by Gasteiger charge is 2.22. The van der Waals surface area contributed by atoms with E-state index in [4.69, 9.17) is 4.74 Å². The van der Waals surface area contributed by atoms with Gasteiger partial charge in [-0.15, -0.1) is 0 Å². The van der Waals surface area contributed by atoms with Crippen LogP contribution in [0.5, 0.6) is 5.75 Å². The second-order valence-corrected chi connectivity index (χ2v) is 7.63. The summed E-state index contributed by atoms with van der Waals surface area (Å²) in [5, 5.41) is 5.36. The molecule has 28 heavy (non-hydrogen) atoms. The third kappa shape index (κ3) is 3.97. The van der Waals surface area contributed by atoms with E-state index in [1.54, 1.807) is 13.3 Å². The lowest BCUT2D eigenvalue weighted by Gasteiger charge is -2.27. The molecule has 146 valence electrons. The van der Waals surface area contributed by atoms with Gasteiger partial charge >= 0.3 is 0 Å². The number of benzene rings is 2. The van der Waals surface area contributed by atoms with Crippen molar-refractivity contribution in [2.75, 3.05) is 20.2 Å². The van der Waals surface area contributed by atoms with Crippen LogP contribution in [0, 0.1) is 0 Å². The highest BCUT2D eigenvalue weighted by Crippen LogP contribution is 2.38. The van der Waals surface area contributed by atoms with Gasteiger partial charge in [0.25, 0.3) is 5.56 Å². The van der Waals surface area contributed by atoms with Crippen LogP contribution in [0.1, 0.15) is 41.9 Å². The smallest absolute Gasteiger partial charge is 0.255 e. The second-order valence-electron chi connectivity index (χ2n) is 7.63. The van der Waals surface area contributed by atoms with Crippen LogP contribution >= 0.6 is 0 Å². The summed E-state index contributed by atoms with van der Waals surface area (Å²) >= 11 is 0. The molecule has 1 aliphatic rings. The fourth-order valence-corrected chi connectivity index (χ4v) is 4.44. The monoisotopic (exact) mass is 376 g/mol. The molecule has 1 atom stereocenters. The summed E-state index contributed by atoms with van der Waals surface area (Å²) in [6, 6.07) is 14.5. The summed E-state index contributed by atoms with van der Waals surface area (Å²) in [4.78, 5) is 14.5. The molecule has 2 N–H and O–H groups in total. The Hall–Kier alpha value is -2.59. The summed E-state index contributed by atoms with van der Waals surface area (Å²) in [7, 11) is 1.77. The number of fused-ring (bicyclic) bond motifs is 2. The van der Waals surface area contributed by atoms with Crippen LogP contribution in [0.2, 0.25) is 0 Å². The number of rotatable bonds is 7. The number of ether oxygens (including phenoxy) is 1. The van der Waals surface area contributed by atoms with E-state index in [1.807, 2.05) is 12.1 Å². The molecule has 2 aromatic carbocycles. The number of aromatic nitrogens is 1. The number of pyridine rings is 1. The number of methoxy groups -OCH3 is 1. The van der Waals surface area contributed by atoms with Gasteiger partial charge < -0.3 is 15.0 Å². The molecule has 3 aromatic rings. The highest BCUT2D eigenvalue weighted by atomic mass is 16.5. The quantitative estimate of drug-likeness (QED) is 0.608. The Morgan fingerprint density at radius 3 is 3.00 bits per heavy atom. The van der Waals surface area contributed by atoms with Gasteiger partial charge in [0.1, 0.15) is 5.75 Å². The fraction of sp³-hybridized carbons (Fsp3) is 0.375. The molecule has 0 aliphatic heterocycles. The number of hydrogen-bond donors (Lipinski definition) is 2. The molecule has 0 saturated heterocycles. The van der Waals surface area contributed by atoms with E-state index in [1.165, 1.54) is 29.5 Å². The summed E-state index contributed by atoms with van der Waals surface area (Å²) < 4.78 is 5.55. The van der Waals surface area contributed by atoms with Gasteiger partial charge in [0, 0.05) is 11.6 Å². The van der Waals surface area contributed by atoms with Crippen molar-refractivity contribution in [3.63, 3.8) is 0 Å². The van der Waals surface area contributed by atoms with E-state index in [0.717, 1.165) is 48.9 Å². The maximum Gasteiger partial charge on any atom is 0.255 e. The minimum atomic E-state index is -0.0217. The van der Waals surface area contributed by atoms with E-state index in [-0.39, 0.29) is 5.56 Å². The number of hydrogen-bond acceptors (Lipinski definition) is 3. The summed E-state index contributed by atoms with van der Waals surface area (Å²) in [6.45, 7) is 1.97. The predicted octanol–water partition coefficient (Wildman–Crippen LogP) is 4.18. The van der Waals surface area contributed by atoms with Crippen molar-refractivity contribution in [3.8, 4) is 5.75 Å². The van der Waals surface area contributed by atoms with Crippen LogP contribution in [-0.4, -0.2) is 25.2 Å². The van der Waals surface area contributed by atoms with Crippen molar-refractivity contribution < 1.29 is 4.74 Å². The average Bonchev–Trinajstić information content (AvgIpc) is 2.73. The van der Waals surface area contributed by atoms with E-state index >= 15 is 0 Å². The topological polar surface area (TPSA) is 54.1 Å². The Kier molecular flexibility index (Phi) is 5.77. The van der Waals surface area contributed by atoms with Crippen LogP contribution in [-0.2, 0) is 12.8 Å². The summed E-state index contributed by atoms with van der Waals surface area (Å²) in [5.41, 5.74) is 4.13. The normalized spacial score (nSPS) is 16.1. The molecule has 4 heteroatoms. The molecule has 0 bridgehead atoms. The molecule has 4 rings (SSSR count). The maximum absolute atomic E-state index is 11.8. The van der Waals surface area contributed by atoms with Gasteiger partial charge in [0.2, 0.25) is 0 Å². The molecule has 0 saturated carbocycles. The van der Waals surface area contributed by atoms with E-state index < -0.39 is 0 Å². The van der Waals surface area contributed by atoms with Gasteiger partial charge in [-0.3, -0.25) is 4.79 Å². The van der Waals surface area contributed by atoms with Gasteiger partial charge in [-0.2, -0.15) is 0 Å². The van der Waals surface area contributed by atoms with E-state index in [0.29, 0.717) is 5.92 Å². The lowest BCUT2D eigenvalue weighted by atomic mass is 9.80. The first-order valence-electron chi connectivity index (χ1n) is 10.2. The molecule has 0 fully saturated rings. The number of aromatic amines is 1. The molecular formula is C24H28N2O2. The molecule has 0 spiro atoms. The molecule has 1 unspecified atom stereocenters. The highest BCUT2D eigenvalue weighted by molar-refractivity contribution is 5.81. The Balaban J connectivity index is 1.30. The van der Waals surface area contributed by atoms with Gasteiger partial charge in [-0.05, 0) is 91.4 Å². The van der Waals surface area contributed by atoms with Gasteiger partial charge in [0.05, 0.1) is 7.11 Å². The van der Waals surface area contributed by atoms with Crippen molar-refractivity contribution in [2.45, 2.75) is 38.0 Å². The van der Waals surface area contributed by atoms with Crippen molar-refractivity contribution in [1.82, 2.24) is 10.3 Å². The molecular weight excluding hydrogens is 348 g/mol. The first kappa shape index (κ1) is 18.8. The van der Waals surface area contributed by atoms with Crippen molar-refractivity contribution in [3.05, 3.63) is 75.7 Å². The fourth-order valence-electron chi connectivity index (χ4n) is 4.44. The van der Waals surface area contributed by atoms with Crippen molar-refractivity contribution in [1.29, 1.82) is 0 Å². The molecule has 1 aliphatic carbocycles. The molecule has 1 heterocycles. The Bertz CT molecular complexity index is 1010. The minimum absolute atomic E-state index is 0.0217. The van der Waals surface area contributed by atoms with Crippen LogP contribution in [0.4, 0.5) is 0 Å². The van der Waals surface area contributed by atoms with Crippen LogP contribution in [0.3, 0.4) is 0 Å². The first-order valence-corrected chi connectivity index (χ1v) is 10.2. The van der Waals surface area contributed by atoms with Gasteiger partial charge in [0.15, 0.2) is 0 Å². The lowest BCUT2D eigenvalue weighted by Crippen LogP contribution is -2.22. The Morgan fingerprint density at radius 2 is 2.11 bits per heavy atom. The standard InChI is InChI=1S/C24H28N2O2/c1-28-23-7-3-5-20-18(4-2-6-22(20)23)11-14-25-13-10-17-8-9-21-19(16-17)12-15-26-24(21)27/h3,5,7-9,12,15-16,18,25H,2,4,6,10-11,13-14H2,1H3,(H,26,27). The van der Waals surface area contributed by atoms with Gasteiger partial charge in [-0.25, -0.2) is 0 Å². The van der Waals surface area contributed by atoms with Crippen LogP contribution in [0.15, 0.2) is 53.5 Å². The zero-order valence-electron chi connectivity index (χ0n) is 16.5. The number of H-pyrrole nitrogens is 1. The van der Waals surface area contributed by atoms with E-state index in [2.05, 4.69) is 40.6 Å². The number of nitrogens with one attached hydrogen (secondary N) is 2. The Labute approximate surface area is 165 Å². The predicted molar refractivity (Wildman–Crippen MR) is 114 cm³/mol.